The number of benzene rings is 2. The minimum absolute atomic E-state index is 0.542. The maximum atomic E-state index is 5.56. The topological polar surface area (TPSA) is 30.5 Å². The Kier molecular flexibility index (Phi) is 6.70. The van der Waals surface area contributed by atoms with Crippen molar-refractivity contribution in [1.82, 2.24) is 5.48 Å². The summed E-state index contributed by atoms with van der Waals surface area (Å²) in [6.07, 6.45) is 0. The van der Waals surface area contributed by atoms with E-state index in [4.69, 9.17) is 9.57 Å². The van der Waals surface area contributed by atoms with Crippen molar-refractivity contribution in [1.29, 1.82) is 0 Å². The zero-order valence-electron chi connectivity index (χ0n) is 11.7. The number of halogens is 2. The molecule has 1 N–H and O–H groups in total. The second kappa shape index (κ2) is 8.54. The van der Waals surface area contributed by atoms with E-state index in [1.54, 1.807) is 0 Å². The molecule has 0 aliphatic heterocycles. The summed E-state index contributed by atoms with van der Waals surface area (Å²) >= 11 is 7.04. The number of hydroxylamine groups is 1. The van der Waals surface area contributed by atoms with Crippen LogP contribution in [0.25, 0.3) is 0 Å². The average Bonchev–Trinajstić information content (AvgIpc) is 2.48. The predicted octanol–water partition coefficient (Wildman–Crippen LogP) is 4.83. The van der Waals surface area contributed by atoms with Crippen molar-refractivity contribution in [2.45, 2.75) is 20.1 Å². The molecule has 0 aliphatic carbocycles. The van der Waals surface area contributed by atoms with E-state index in [-0.39, 0.29) is 0 Å². The number of hydrogen-bond acceptors (Lipinski definition) is 3. The van der Waals surface area contributed by atoms with Crippen molar-refractivity contribution < 1.29 is 9.57 Å². The third-order valence-corrected chi connectivity index (χ3v) is 3.98. The van der Waals surface area contributed by atoms with Gasteiger partial charge in [0.05, 0.1) is 22.2 Å². The van der Waals surface area contributed by atoms with Gasteiger partial charge in [0, 0.05) is 6.54 Å². The van der Waals surface area contributed by atoms with Crippen molar-refractivity contribution in [2.24, 2.45) is 0 Å². The largest absolute Gasteiger partial charge is 0.492 e. The zero-order chi connectivity index (χ0) is 15.1. The van der Waals surface area contributed by atoms with Crippen LogP contribution in [0.3, 0.4) is 0 Å². The van der Waals surface area contributed by atoms with Crippen LogP contribution >= 0.6 is 31.9 Å². The highest BCUT2D eigenvalue weighted by molar-refractivity contribution is 9.11. The van der Waals surface area contributed by atoms with E-state index < -0.39 is 0 Å². The fourth-order valence-electron chi connectivity index (χ4n) is 1.84. The van der Waals surface area contributed by atoms with E-state index in [0.717, 1.165) is 25.8 Å². The minimum Gasteiger partial charge on any atom is -0.492 e. The lowest BCUT2D eigenvalue weighted by molar-refractivity contribution is 0.0235. The summed E-state index contributed by atoms with van der Waals surface area (Å²) in [4.78, 5) is 5.47. The molecule has 21 heavy (non-hydrogen) atoms. The van der Waals surface area contributed by atoms with Crippen molar-refractivity contribution in [3.63, 3.8) is 0 Å². The molecule has 3 nitrogen and oxygen atoms in total. The molecule has 0 bridgehead atoms. The Hall–Kier alpha value is -0.880. The van der Waals surface area contributed by atoms with E-state index in [2.05, 4.69) is 37.3 Å². The second-order valence-corrected chi connectivity index (χ2v) is 6.13. The molecule has 2 rings (SSSR count). The lowest BCUT2D eigenvalue weighted by Crippen LogP contribution is -2.14. The summed E-state index contributed by atoms with van der Waals surface area (Å²) in [5.41, 5.74) is 5.21. The number of hydrogen-bond donors (Lipinski definition) is 1. The van der Waals surface area contributed by atoms with Gasteiger partial charge in [-0.2, -0.15) is 5.48 Å². The summed E-state index contributed by atoms with van der Waals surface area (Å²) in [6, 6.07) is 14.1. The van der Waals surface area contributed by atoms with Crippen molar-refractivity contribution >= 4 is 31.9 Å². The maximum Gasteiger partial charge on any atom is 0.147 e. The molecule has 0 aliphatic rings. The van der Waals surface area contributed by atoms with Crippen LogP contribution in [0.2, 0.25) is 0 Å². The van der Waals surface area contributed by atoms with Crippen molar-refractivity contribution in [3.8, 4) is 5.75 Å². The normalized spacial score (nSPS) is 10.6. The third kappa shape index (κ3) is 5.11. The van der Waals surface area contributed by atoms with E-state index in [0.29, 0.717) is 19.8 Å². The Morgan fingerprint density at radius 1 is 1.00 bits per heavy atom. The monoisotopic (exact) mass is 413 g/mol. The first-order chi connectivity index (χ1) is 10.2. The van der Waals surface area contributed by atoms with Crippen LogP contribution in [0, 0.1) is 0 Å². The molecule has 112 valence electrons. The van der Waals surface area contributed by atoms with Crippen LogP contribution < -0.4 is 10.2 Å². The maximum absolute atomic E-state index is 5.56. The van der Waals surface area contributed by atoms with E-state index in [9.17, 15) is 0 Å². The fourth-order valence-corrected chi connectivity index (χ4v) is 3.35. The van der Waals surface area contributed by atoms with Gasteiger partial charge in [-0.15, -0.1) is 0 Å². The molecule has 0 fully saturated rings. The van der Waals surface area contributed by atoms with Gasteiger partial charge in [0.15, 0.2) is 0 Å². The number of rotatable bonds is 7. The van der Waals surface area contributed by atoms with Gasteiger partial charge in [-0.1, -0.05) is 30.3 Å². The molecule has 0 unspecified atom stereocenters. The molecular weight excluding hydrogens is 398 g/mol. The third-order valence-electron chi connectivity index (χ3n) is 2.81. The van der Waals surface area contributed by atoms with Crippen LogP contribution in [-0.2, 0) is 18.0 Å². The Labute approximate surface area is 141 Å². The molecule has 0 aromatic heterocycles. The highest BCUT2D eigenvalue weighted by Crippen LogP contribution is 2.34. The average molecular weight is 415 g/mol. The van der Waals surface area contributed by atoms with Gasteiger partial charge in [-0.25, -0.2) is 0 Å². The molecule has 0 atom stereocenters. The SMILES string of the molecule is CCOc1c(Br)cc(CNOCc2ccccc2)cc1Br. The van der Waals surface area contributed by atoms with Gasteiger partial charge >= 0.3 is 0 Å². The van der Waals surface area contributed by atoms with Gasteiger partial charge in [0.2, 0.25) is 0 Å². The van der Waals surface area contributed by atoms with Gasteiger partial charge in [-0.05, 0) is 62.0 Å². The zero-order valence-corrected chi connectivity index (χ0v) is 14.9. The number of ether oxygens (including phenoxy) is 1. The molecule has 0 heterocycles. The van der Waals surface area contributed by atoms with Crippen LogP contribution in [0.5, 0.6) is 5.75 Å². The lowest BCUT2D eigenvalue weighted by atomic mass is 10.2. The quantitative estimate of drug-likeness (QED) is 0.519. The first kappa shape index (κ1) is 16.5. The van der Waals surface area contributed by atoms with Gasteiger partial charge in [-0.3, -0.25) is 4.84 Å². The molecule has 0 amide bonds. The molecule has 2 aromatic rings. The van der Waals surface area contributed by atoms with Crippen molar-refractivity contribution in [2.75, 3.05) is 6.61 Å². The molecule has 0 radical (unpaired) electrons. The standard InChI is InChI=1S/C16H17Br2NO2/c1-2-20-16-14(17)8-13(9-15(16)18)10-19-21-11-12-6-4-3-5-7-12/h3-9,19H,2,10-11H2,1H3. The summed E-state index contributed by atoms with van der Waals surface area (Å²) in [6.45, 7) is 3.76. The molecule has 5 heteroatoms. The summed E-state index contributed by atoms with van der Waals surface area (Å²) < 4.78 is 7.42. The Morgan fingerprint density at radius 3 is 2.29 bits per heavy atom. The van der Waals surface area contributed by atoms with Gasteiger partial charge < -0.3 is 4.74 Å². The second-order valence-electron chi connectivity index (χ2n) is 4.42. The highest BCUT2D eigenvalue weighted by Gasteiger charge is 2.08. The molecule has 2 aromatic carbocycles. The molecular formula is C16H17Br2NO2. The van der Waals surface area contributed by atoms with Gasteiger partial charge in [0.25, 0.3) is 0 Å². The summed E-state index contributed by atoms with van der Waals surface area (Å²) in [5.74, 6) is 0.825. The van der Waals surface area contributed by atoms with Crippen LogP contribution in [0.1, 0.15) is 18.1 Å². The number of nitrogens with one attached hydrogen (secondary N) is 1. The Bertz CT molecular complexity index is 553. The van der Waals surface area contributed by atoms with Crippen LogP contribution in [0.15, 0.2) is 51.4 Å². The van der Waals surface area contributed by atoms with E-state index >= 15 is 0 Å². The summed E-state index contributed by atoms with van der Waals surface area (Å²) in [5, 5.41) is 0. The first-order valence-corrected chi connectivity index (χ1v) is 8.28. The van der Waals surface area contributed by atoms with E-state index in [1.807, 2.05) is 49.4 Å². The first-order valence-electron chi connectivity index (χ1n) is 6.70. The molecule has 0 spiro atoms. The Morgan fingerprint density at radius 2 is 1.67 bits per heavy atom. The van der Waals surface area contributed by atoms with Crippen molar-refractivity contribution in [3.05, 3.63) is 62.5 Å². The van der Waals surface area contributed by atoms with E-state index in [1.165, 1.54) is 0 Å². The smallest absolute Gasteiger partial charge is 0.147 e. The fraction of sp³-hybridized carbons (Fsp3) is 0.250. The predicted molar refractivity (Wildman–Crippen MR) is 91.1 cm³/mol. The minimum atomic E-state index is 0.542. The summed E-state index contributed by atoms with van der Waals surface area (Å²) in [7, 11) is 0. The van der Waals surface area contributed by atoms with Crippen LogP contribution in [0.4, 0.5) is 0 Å². The highest BCUT2D eigenvalue weighted by atomic mass is 79.9. The lowest BCUT2D eigenvalue weighted by Gasteiger charge is -2.11. The van der Waals surface area contributed by atoms with Crippen LogP contribution in [-0.4, -0.2) is 6.61 Å². The molecule has 0 saturated carbocycles. The van der Waals surface area contributed by atoms with Gasteiger partial charge in [0.1, 0.15) is 5.75 Å². The Balaban J connectivity index is 1.86. The molecule has 0 saturated heterocycles.